The van der Waals surface area contributed by atoms with E-state index in [0.29, 0.717) is 5.69 Å². The minimum absolute atomic E-state index is 0.137. The number of nitriles is 1. The number of anilines is 1. The van der Waals surface area contributed by atoms with E-state index in [4.69, 9.17) is 5.26 Å². The Bertz CT molecular complexity index is 711. The van der Waals surface area contributed by atoms with Gasteiger partial charge in [-0.25, -0.2) is 4.39 Å². The minimum atomic E-state index is -0.652. The van der Waals surface area contributed by atoms with Crippen LogP contribution in [-0.4, -0.2) is 40.8 Å². The molecule has 1 saturated heterocycles. The first-order valence-electron chi connectivity index (χ1n) is 6.89. The molecule has 0 unspecified atom stereocenters. The van der Waals surface area contributed by atoms with Crippen molar-refractivity contribution >= 4 is 34.5 Å². The molecule has 0 bridgehead atoms. The summed E-state index contributed by atoms with van der Waals surface area (Å²) in [6.45, 7) is 0.368. The monoisotopic (exact) mass is 348 g/mol. The number of amides is 3. The van der Waals surface area contributed by atoms with Crippen LogP contribution >= 0.6 is 11.8 Å². The number of rotatable bonds is 6. The van der Waals surface area contributed by atoms with Crippen LogP contribution in [0.3, 0.4) is 0 Å². The number of hydrogen-bond acceptors (Lipinski definition) is 6. The second-order valence-corrected chi connectivity index (χ2v) is 5.61. The van der Waals surface area contributed by atoms with Crippen molar-refractivity contribution in [1.29, 1.82) is 5.26 Å². The van der Waals surface area contributed by atoms with Crippen LogP contribution in [0.1, 0.15) is 0 Å². The van der Waals surface area contributed by atoms with Gasteiger partial charge >= 0.3 is 0 Å². The van der Waals surface area contributed by atoms with E-state index in [2.05, 4.69) is 10.6 Å². The zero-order chi connectivity index (χ0) is 17.5. The lowest BCUT2D eigenvalue weighted by molar-refractivity contribution is -0.124. The predicted octanol–water partition coefficient (Wildman–Crippen LogP) is 1.46. The van der Waals surface area contributed by atoms with Crippen LogP contribution in [-0.2, 0) is 9.59 Å². The van der Waals surface area contributed by atoms with Crippen molar-refractivity contribution < 1.29 is 18.8 Å². The molecule has 124 valence electrons. The molecule has 24 heavy (non-hydrogen) atoms. The Kier molecular flexibility index (Phi) is 5.92. The second kappa shape index (κ2) is 8.12. The number of carbonyl (C=O) groups is 3. The van der Waals surface area contributed by atoms with Gasteiger partial charge in [0.05, 0.1) is 5.75 Å². The number of hydrogen-bond donors (Lipinski definition) is 2. The van der Waals surface area contributed by atoms with Gasteiger partial charge in [-0.1, -0.05) is 11.8 Å². The molecule has 0 saturated carbocycles. The molecule has 1 aliphatic heterocycles. The zero-order valence-electron chi connectivity index (χ0n) is 12.4. The zero-order valence-corrected chi connectivity index (χ0v) is 13.2. The highest BCUT2D eigenvalue weighted by atomic mass is 32.2. The topological polar surface area (TPSA) is 102 Å². The van der Waals surface area contributed by atoms with E-state index in [0.717, 1.165) is 16.7 Å². The fourth-order valence-corrected chi connectivity index (χ4v) is 2.58. The normalized spacial score (nSPS) is 14.5. The van der Waals surface area contributed by atoms with Gasteiger partial charge in [-0.3, -0.25) is 19.3 Å². The quantitative estimate of drug-likeness (QED) is 0.458. The number of carbonyl (C=O) groups excluding carboxylic acids is 3. The first-order valence-corrected chi connectivity index (χ1v) is 7.87. The number of halogens is 1. The summed E-state index contributed by atoms with van der Waals surface area (Å²) >= 11 is 0.941. The Morgan fingerprint density at radius 2 is 2.08 bits per heavy atom. The molecule has 1 aliphatic rings. The Morgan fingerprint density at radius 1 is 1.38 bits per heavy atom. The predicted molar refractivity (Wildman–Crippen MR) is 86.3 cm³/mol. The fourth-order valence-electron chi connectivity index (χ4n) is 1.83. The lowest BCUT2D eigenvalue weighted by Gasteiger charge is -2.12. The van der Waals surface area contributed by atoms with Crippen LogP contribution in [0.25, 0.3) is 0 Å². The van der Waals surface area contributed by atoms with Gasteiger partial charge in [0.2, 0.25) is 5.91 Å². The van der Waals surface area contributed by atoms with E-state index >= 15 is 0 Å². The van der Waals surface area contributed by atoms with Gasteiger partial charge in [0.1, 0.15) is 17.5 Å². The lowest BCUT2D eigenvalue weighted by atomic mass is 10.2. The van der Waals surface area contributed by atoms with Crippen LogP contribution in [0.2, 0.25) is 0 Å². The molecule has 1 fully saturated rings. The van der Waals surface area contributed by atoms with Crippen molar-refractivity contribution in [3.05, 3.63) is 41.9 Å². The van der Waals surface area contributed by atoms with Gasteiger partial charge in [-0.05, 0) is 24.3 Å². The van der Waals surface area contributed by atoms with Crippen LogP contribution < -0.4 is 10.6 Å². The number of imide groups is 1. The van der Waals surface area contributed by atoms with Crippen LogP contribution in [0.15, 0.2) is 36.0 Å². The minimum Gasteiger partial charge on any atom is -0.388 e. The van der Waals surface area contributed by atoms with Gasteiger partial charge in [0.15, 0.2) is 0 Å². The first kappa shape index (κ1) is 17.5. The van der Waals surface area contributed by atoms with Crippen molar-refractivity contribution in [1.82, 2.24) is 10.2 Å². The fraction of sp³-hybridized carbons (Fsp3) is 0.200. The maximum absolute atomic E-state index is 12.8. The molecular formula is C15H13FN4O3S. The van der Waals surface area contributed by atoms with E-state index in [1.54, 1.807) is 6.07 Å². The third-order valence-electron chi connectivity index (χ3n) is 3.03. The second-order valence-electron chi connectivity index (χ2n) is 4.68. The highest BCUT2D eigenvalue weighted by molar-refractivity contribution is 8.14. The number of thioether (sulfide) groups is 1. The number of nitrogens with zero attached hydrogens (tertiary/aromatic N) is 2. The van der Waals surface area contributed by atoms with Crippen molar-refractivity contribution in [2.75, 3.05) is 24.2 Å². The summed E-state index contributed by atoms with van der Waals surface area (Å²) in [5, 5.41) is 13.9. The molecule has 0 spiro atoms. The highest BCUT2D eigenvalue weighted by Gasteiger charge is 2.28. The Balaban J connectivity index is 1.86. The van der Waals surface area contributed by atoms with Crippen molar-refractivity contribution in [3.63, 3.8) is 0 Å². The maximum atomic E-state index is 12.8. The molecule has 2 rings (SSSR count). The standard InChI is InChI=1S/C15H13FN4O3S/c16-11-1-3-12(4-2-11)19-14(22)10(7-17)8-18-5-6-20-13(21)9-24-15(20)23/h1-4,8,18H,5-6,9H2,(H,19,22)/b10-8-. The summed E-state index contributed by atoms with van der Waals surface area (Å²) in [6.07, 6.45) is 1.21. The van der Waals surface area contributed by atoms with E-state index < -0.39 is 11.7 Å². The van der Waals surface area contributed by atoms with Gasteiger partial charge in [0.25, 0.3) is 11.1 Å². The van der Waals surface area contributed by atoms with E-state index in [-0.39, 0.29) is 35.6 Å². The third kappa shape index (κ3) is 4.57. The molecular weight excluding hydrogens is 335 g/mol. The molecule has 9 heteroatoms. The van der Waals surface area contributed by atoms with Crippen molar-refractivity contribution in [2.45, 2.75) is 0 Å². The molecule has 0 aliphatic carbocycles. The first-order chi connectivity index (χ1) is 11.5. The summed E-state index contributed by atoms with van der Waals surface area (Å²) < 4.78 is 12.8. The van der Waals surface area contributed by atoms with Crippen molar-refractivity contribution in [3.8, 4) is 6.07 Å². The summed E-state index contributed by atoms with van der Waals surface area (Å²) in [7, 11) is 0. The molecule has 0 atom stereocenters. The van der Waals surface area contributed by atoms with Crippen LogP contribution in [0.5, 0.6) is 0 Å². The average Bonchev–Trinajstić information content (AvgIpc) is 2.88. The van der Waals surface area contributed by atoms with Gasteiger partial charge in [-0.2, -0.15) is 5.26 Å². The van der Waals surface area contributed by atoms with E-state index in [1.807, 2.05) is 0 Å². The molecule has 1 heterocycles. The summed E-state index contributed by atoms with van der Waals surface area (Å²) in [6, 6.07) is 6.86. The molecule has 0 radical (unpaired) electrons. The SMILES string of the molecule is N#C/C(=C/NCCN1C(=O)CSC1=O)C(=O)Nc1ccc(F)cc1. The van der Waals surface area contributed by atoms with E-state index in [9.17, 15) is 18.8 Å². The van der Waals surface area contributed by atoms with Gasteiger partial charge < -0.3 is 10.6 Å². The number of benzene rings is 1. The van der Waals surface area contributed by atoms with Crippen molar-refractivity contribution in [2.24, 2.45) is 0 Å². The van der Waals surface area contributed by atoms with E-state index in [1.165, 1.54) is 30.5 Å². The molecule has 1 aromatic carbocycles. The average molecular weight is 348 g/mol. The van der Waals surface area contributed by atoms with Crippen LogP contribution in [0, 0.1) is 17.1 Å². The Hall–Kier alpha value is -2.86. The van der Waals surface area contributed by atoms with Gasteiger partial charge in [-0.15, -0.1) is 0 Å². The molecule has 3 amide bonds. The molecule has 0 aromatic heterocycles. The Morgan fingerprint density at radius 3 is 2.67 bits per heavy atom. The molecule has 7 nitrogen and oxygen atoms in total. The smallest absolute Gasteiger partial charge is 0.288 e. The summed E-state index contributed by atoms with van der Waals surface area (Å²) in [5.41, 5.74) is 0.167. The Labute approximate surface area is 141 Å². The largest absolute Gasteiger partial charge is 0.388 e. The highest BCUT2D eigenvalue weighted by Crippen LogP contribution is 2.17. The molecule has 1 aromatic rings. The lowest BCUT2D eigenvalue weighted by Crippen LogP contribution is -2.34. The third-order valence-corrected chi connectivity index (χ3v) is 3.89. The number of nitrogens with one attached hydrogen (secondary N) is 2. The van der Waals surface area contributed by atoms with Crippen LogP contribution in [0.4, 0.5) is 14.9 Å². The van der Waals surface area contributed by atoms with Gasteiger partial charge in [0, 0.05) is 25.0 Å². The summed E-state index contributed by atoms with van der Waals surface area (Å²) in [5.74, 6) is -1.21. The summed E-state index contributed by atoms with van der Waals surface area (Å²) in [4.78, 5) is 35.8. The maximum Gasteiger partial charge on any atom is 0.288 e. The molecule has 2 N–H and O–H groups in total.